The van der Waals surface area contributed by atoms with Gasteiger partial charge in [0.15, 0.2) is 6.10 Å². The summed E-state index contributed by atoms with van der Waals surface area (Å²) in [5.41, 5.74) is 1.15. The van der Waals surface area contributed by atoms with Crippen LogP contribution in [0.1, 0.15) is 12.5 Å². The summed E-state index contributed by atoms with van der Waals surface area (Å²) < 4.78 is 43.1. The predicted molar refractivity (Wildman–Crippen MR) is 75.6 cm³/mol. The van der Waals surface area contributed by atoms with E-state index in [1.54, 1.807) is 25.1 Å². The second kappa shape index (κ2) is 5.05. The van der Waals surface area contributed by atoms with Crippen LogP contribution >= 0.6 is 0 Å². The fourth-order valence-electron chi connectivity index (χ4n) is 2.24. The van der Waals surface area contributed by atoms with Crippen molar-refractivity contribution in [2.24, 2.45) is 0 Å². The van der Waals surface area contributed by atoms with Gasteiger partial charge < -0.3 is 10.1 Å². The summed E-state index contributed by atoms with van der Waals surface area (Å²) in [6, 6.07) is 9.99. The van der Waals surface area contributed by atoms with Crippen molar-refractivity contribution in [2.75, 3.05) is 5.32 Å². The standard InChI is InChI=1S/C16H12F3NO2/c1-9-15(21)20-13-8-11(4-7-14(13)22-9)10-2-5-12(6-3-10)16(17,18)19/h2-9H,1H3,(H,20,21). The Morgan fingerprint density at radius 3 is 2.32 bits per heavy atom. The highest BCUT2D eigenvalue weighted by molar-refractivity contribution is 5.98. The van der Waals surface area contributed by atoms with Gasteiger partial charge in [-0.3, -0.25) is 4.79 Å². The summed E-state index contributed by atoms with van der Waals surface area (Å²) in [4.78, 5) is 11.6. The molecule has 1 unspecified atom stereocenters. The smallest absolute Gasteiger partial charge is 0.416 e. The first-order chi connectivity index (χ1) is 10.3. The topological polar surface area (TPSA) is 38.3 Å². The molecular formula is C16H12F3NO2. The normalized spacial score (nSPS) is 17.5. The molecule has 3 nitrogen and oxygen atoms in total. The Bertz CT molecular complexity index is 723. The maximum atomic E-state index is 12.6. The lowest BCUT2D eigenvalue weighted by Gasteiger charge is -2.23. The molecule has 114 valence electrons. The van der Waals surface area contributed by atoms with Gasteiger partial charge in [0.2, 0.25) is 0 Å². The molecule has 2 aromatic carbocycles. The highest BCUT2D eigenvalue weighted by Crippen LogP contribution is 2.35. The first-order valence-corrected chi connectivity index (χ1v) is 6.64. The average Bonchev–Trinajstić information content (AvgIpc) is 2.47. The molecular weight excluding hydrogens is 295 g/mol. The summed E-state index contributed by atoms with van der Waals surface area (Å²) in [6.07, 6.45) is -4.92. The molecule has 0 fully saturated rings. The zero-order valence-electron chi connectivity index (χ0n) is 11.6. The van der Waals surface area contributed by atoms with Gasteiger partial charge in [0, 0.05) is 0 Å². The SMILES string of the molecule is CC1Oc2ccc(-c3ccc(C(F)(F)F)cc3)cc2NC1=O. The van der Waals surface area contributed by atoms with Crippen molar-refractivity contribution in [3.8, 4) is 16.9 Å². The number of carbonyl (C=O) groups excluding carboxylic acids is 1. The number of carbonyl (C=O) groups is 1. The molecule has 6 heteroatoms. The van der Waals surface area contributed by atoms with Gasteiger partial charge in [-0.1, -0.05) is 18.2 Å². The van der Waals surface area contributed by atoms with Crippen molar-refractivity contribution in [3.05, 3.63) is 48.0 Å². The van der Waals surface area contributed by atoms with Gasteiger partial charge in [0.05, 0.1) is 11.3 Å². The van der Waals surface area contributed by atoms with Crippen LogP contribution in [-0.2, 0) is 11.0 Å². The van der Waals surface area contributed by atoms with Gasteiger partial charge in [0.25, 0.3) is 5.91 Å². The number of fused-ring (bicyclic) bond motifs is 1. The third-order valence-electron chi connectivity index (χ3n) is 3.46. The van der Waals surface area contributed by atoms with E-state index in [-0.39, 0.29) is 5.91 Å². The van der Waals surface area contributed by atoms with Crippen molar-refractivity contribution in [3.63, 3.8) is 0 Å². The number of halogens is 3. The van der Waals surface area contributed by atoms with Crippen LogP contribution < -0.4 is 10.1 Å². The molecule has 3 rings (SSSR count). The van der Waals surface area contributed by atoms with E-state index in [4.69, 9.17) is 4.74 Å². The van der Waals surface area contributed by atoms with Crippen LogP contribution in [0.5, 0.6) is 5.75 Å². The molecule has 1 N–H and O–H groups in total. The molecule has 0 saturated heterocycles. The maximum Gasteiger partial charge on any atom is 0.416 e. The van der Waals surface area contributed by atoms with E-state index in [2.05, 4.69) is 5.32 Å². The average molecular weight is 307 g/mol. The molecule has 1 amide bonds. The minimum absolute atomic E-state index is 0.253. The molecule has 1 atom stereocenters. The summed E-state index contributed by atoms with van der Waals surface area (Å²) in [6.45, 7) is 1.64. The number of hydrogen-bond acceptors (Lipinski definition) is 2. The fraction of sp³-hybridized carbons (Fsp3) is 0.188. The maximum absolute atomic E-state index is 12.6. The van der Waals surface area contributed by atoms with Gasteiger partial charge in [-0.2, -0.15) is 13.2 Å². The highest BCUT2D eigenvalue weighted by Gasteiger charge is 2.30. The Morgan fingerprint density at radius 2 is 1.68 bits per heavy atom. The van der Waals surface area contributed by atoms with Gasteiger partial charge in [-0.25, -0.2) is 0 Å². The Hall–Kier alpha value is -2.50. The van der Waals surface area contributed by atoms with E-state index >= 15 is 0 Å². The van der Waals surface area contributed by atoms with Crippen LogP contribution in [0.25, 0.3) is 11.1 Å². The number of hydrogen-bond donors (Lipinski definition) is 1. The monoisotopic (exact) mass is 307 g/mol. The number of alkyl halides is 3. The molecule has 0 radical (unpaired) electrons. The van der Waals surface area contributed by atoms with Crippen molar-refractivity contribution in [2.45, 2.75) is 19.2 Å². The molecule has 0 bridgehead atoms. The van der Waals surface area contributed by atoms with Crippen molar-refractivity contribution in [1.82, 2.24) is 0 Å². The van der Waals surface area contributed by atoms with Crippen LogP contribution in [0.3, 0.4) is 0 Å². The predicted octanol–water partition coefficient (Wildman–Crippen LogP) is 4.09. The Labute approximate surface area is 124 Å². The third kappa shape index (κ3) is 2.64. The molecule has 1 heterocycles. The van der Waals surface area contributed by atoms with E-state index in [0.29, 0.717) is 22.6 Å². The van der Waals surface area contributed by atoms with Crippen LogP contribution in [-0.4, -0.2) is 12.0 Å². The van der Waals surface area contributed by atoms with Gasteiger partial charge in [0.1, 0.15) is 5.75 Å². The lowest BCUT2D eigenvalue weighted by molar-refractivity contribution is -0.137. The molecule has 0 spiro atoms. The lowest BCUT2D eigenvalue weighted by Crippen LogP contribution is -2.34. The van der Waals surface area contributed by atoms with E-state index in [1.807, 2.05) is 0 Å². The molecule has 0 aliphatic carbocycles. The number of anilines is 1. The lowest BCUT2D eigenvalue weighted by atomic mass is 10.0. The summed E-state index contributed by atoms with van der Waals surface area (Å²) in [5, 5.41) is 2.71. The number of rotatable bonds is 1. The minimum atomic E-state index is -4.35. The number of nitrogens with one attached hydrogen (secondary N) is 1. The first kappa shape index (κ1) is 14.4. The quantitative estimate of drug-likeness (QED) is 0.861. The Balaban J connectivity index is 1.93. The number of amides is 1. The zero-order valence-corrected chi connectivity index (χ0v) is 11.6. The van der Waals surface area contributed by atoms with Crippen molar-refractivity contribution < 1.29 is 22.7 Å². The molecule has 2 aromatic rings. The Kier molecular flexibility index (Phi) is 3.31. The van der Waals surface area contributed by atoms with Gasteiger partial charge in [-0.05, 0) is 42.3 Å². The largest absolute Gasteiger partial charge is 0.479 e. The number of ether oxygens (including phenoxy) is 1. The van der Waals surface area contributed by atoms with E-state index < -0.39 is 17.8 Å². The van der Waals surface area contributed by atoms with E-state index in [9.17, 15) is 18.0 Å². The summed E-state index contributed by atoms with van der Waals surface area (Å²) >= 11 is 0. The second-order valence-corrected chi connectivity index (χ2v) is 5.04. The fourth-order valence-corrected chi connectivity index (χ4v) is 2.24. The zero-order chi connectivity index (χ0) is 15.9. The Morgan fingerprint density at radius 1 is 1.05 bits per heavy atom. The van der Waals surface area contributed by atoms with Crippen molar-refractivity contribution >= 4 is 11.6 Å². The molecule has 0 aromatic heterocycles. The summed E-state index contributed by atoms with van der Waals surface area (Å²) in [5.74, 6) is 0.292. The van der Waals surface area contributed by atoms with Crippen LogP contribution in [0.15, 0.2) is 42.5 Å². The van der Waals surface area contributed by atoms with Crippen LogP contribution in [0, 0.1) is 0 Å². The third-order valence-corrected chi connectivity index (χ3v) is 3.46. The van der Waals surface area contributed by atoms with Gasteiger partial charge >= 0.3 is 6.18 Å². The molecule has 1 aliphatic rings. The van der Waals surface area contributed by atoms with Gasteiger partial charge in [-0.15, -0.1) is 0 Å². The van der Waals surface area contributed by atoms with E-state index in [0.717, 1.165) is 12.1 Å². The second-order valence-electron chi connectivity index (χ2n) is 5.04. The van der Waals surface area contributed by atoms with E-state index in [1.165, 1.54) is 12.1 Å². The van der Waals surface area contributed by atoms with Crippen LogP contribution in [0.2, 0.25) is 0 Å². The summed E-state index contributed by atoms with van der Waals surface area (Å²) in [7, 11) is 0. The van der Waals surface area contributed by atoms with Crippen molar-refractivity contribution in [1.29, 1.82) is 0 Å². The highest BCUT2D eigenvalue weighted by atomic mass is 19.4. The van der Waals surface area contributed by atoms with Crippen LogP contribution in [0.4, 0.5) is 18.9 Å². The minimum Gasteiger partial charge on any atom is -0.479 e. The molecule has 22 heavy (non-hydrogen) atoms. The molecule has 0 saturated carbocycles. The molecule has 1 aliphatic heterocycles. The first-order valence-electron chi connectivity index (χ1n) is 6.64. The number of benzene rings is 2.